The molecular weight excluding hydrogens is 382 g/mol. The third-order valence-electron chi connectivity index (χ3n) is 5.51. The van der Waals surface area contributed by atoms with Crippen molar-refractivity contribution in [1.29, 1.82) is 0 Å². The normalized spacial score (nSPS) is 13.4. The van der Waals surface area contributed by atoms with E-state index in [9.17, 15) is 14.9 Å². The molecule has 4 rings (SSSR count). The number of nitrogens with one attached hydrogen (secondary N) is 1. The molecule has 0 saturated carbocycles. The van der Waals surface area contributed by atoms with Gasteiger partial charge in [0.05, 0.1) is 4.92 Å². The number of benzene rings is 2. The molecule has 0 spiro atoms. The van der Waals surface area contributed by atoms with Crippen molar-refractivity contribution in [3.8, 4) is 11.4 Å². The van der Waals surface area contributed by atoms with E-state index in [4.69, 9.17) is 0 Å². The molecule has 1 amide bonds. The highest BCUT2D eigenvalue weighted by molar-refractivity contribution is 6.05. The maximum Gasteiger partial charge on any atom is 0.272 e. The third kappa shape index (κ3) is 3.80. The van der Waals surface area contributed by atoms with Gasteiger partial charge in [0.2, 0.25) is 0 Å². The molecule has 154 valence electrons. The molecule has 0 saturated heterocycles. The number of aromatic nitrogens is 3. The number of carbonyl (C=O) groups is 1. The third-order valence-corrected chi connectivity index (χ3v) is 5.51. The Bertz CT molecular complexity index is 1140. The van der Waals surface area contributed by atoms with E-state index in [-0.39, 0.29) is 11.6 Å². The summed E-state index contributed by atoms with van der Waals surface area (Å²) in [4.78, 5) is 23.3. The second kappa shape index (κ2) is 8.06. The molecule has 2 heterocycles. The van der Waals surface area contributed by atoms with Gasteiger partial charge in [0.1, 0.15) is 5.82 Å². The van der Waals surface area contributed by atoms with E-state index >= 15 is 0 Å². The van der Waals surface area contributed by atoms with Crippen LogP contribution in [0.25, 0.3) is 11.4 Å². The molecule has 1 aromatic heterocycles. The Hall–Kier alpha value is -3.55. The van der Waals surface area contributed by atoms with Crippen molar-refractivity contribution in [1.82, 2.24) is 14.8 Å². The van der Waals surface area contributed by atoms with E-state index < -0.39 is 4.92 Å². The van der Waals surface area contributed by atoms with Crippen molar-refractivity contribution in [2.75, 3.05) is 5.32 Å². The lowest BCUT2D eigenvalue weighted by Crippen LogP contribution is -2.13. The predicted octanol–water partition coefficient (Wildman–Crippen LogP) is 4.45. The van der Waals surface area contributed by atoms with Gasteiger partial charge < -0.3 is 9.88 Å². The zero-order valence-corrected chi connectivity index (χ0v) is 17.0. The number of nitrogens with zero attached hydrogens (tertiary/aromatic N) is 4. The van der Waals surface area contributed by atoms with Gasteiger partial charge in [-0.2, -0.15) is 0 Å². The molecule has 0 atom stereocenters. The highest BCUT2D eigenvalue weighted by Crippen LogP contribution is 2.27. The largest absolute Gasteiger partial charge is 0.322 e. The molecule has 8 nitrogen and oxygen atoms in total. The van der Waals surface area contributed by atoms with E-state index in [1.807, 2.05) is 25.1 Å². The van der Waals surface area contributed by atoms with Crippen molar-refractivity contribution in [3.05, 3.63) is 69.0 Å². The van der Waals surface area contributed by atoms with Gasteiger partial charge in [0.15, 0.2) is 5.82 Å². The minimum Gasteiger partial charge on any atom is -0.322 e. The molecule has 0 fully saturated rings. The molecule has 0 radical (unpaired) electrons. The number of hydrogen-bond acceptors (Lipinski definition) is 5. The lowest BCUT2D eigenvalue weighted by molar-refractivity contribution is -0.385. The van der Waals surface area contributed by atoms with E-state index in [0.717, 1.165) is 48.6 Å². The molecule has 1 aliphatic rings. The van der Waals surface area contributed by atoms with E-state index in [1.54, 1.807) is 6.92 Å². The molecule has 0 aliphatic carbocycles. The second-order valence-electron chi connectivity index (χ2n) is 7.64. The van der Waals surface area contributed by atoms with E-state index in [1.165, 1.54) is 24.6 Å². The zero-order valence-electron chi connectivity index (χ0n) is 17.0. The van der Waals surface area contributed by atoms with Crippen LogP contribution in [0.2, 0.25) is 0 Å². The van der Waals surface area contributed by atoms with Crippen LogP contribution in [-0.4, -0.2) is 25.6 Å². The fraction of sp³-hybridized carbons (Fsp3) is 0.318. The molecule has 2 aromatic carbocycles. The van der Waals surface area contributed by atoms with Crippen LogP contribution in [0.5, 0.6) is 0 Å². The lowest BCUT2D eigenvalue weighted by Gasteiger charge is -2.12. The van der Waals surface area contributed by atoms with E-state index in [2.05, 4.69) is 20.1 Å². The van der Waals surface area contributed by atoms with Crippen LogP contribution in [-0.2, 0) is 13.0 Å². The predicted molar refractivity (Wildman–Crippen MR) is 114 cm³/mol. The SMILES string of the molecule is Cc1ccc(-c2nnc3n2CCCCC3)cc1NC(=O)c1ccc([N+](=O)[O-])c(C)c1. The van der Waals surface area contributed by atoms with Crippen LogP contribution < -0.4 is 5.32 Å². The van der Waals surface area contributed by atoms with Crippen LogP contribution in [0.1, 0.15) is 46.6 Å². The Balaban J connectivity index is 1.62. The molecule has 1 aliphatic heterocycles. The summed E-state index contributed by atoms with van der Waals surface area (Å²) in [5.41, 5.74) is 3.32. The number of rotatable bonds is 4. The summed E-state index contributed by atoms with van der Waals surface area (Å²) >= 11 is 0. The van der Waals surface area contributed by atoms with Crippen LogP contribution in [0.3, 0.4) is 0 Å². The topological polar surface area (TPSA) is 103 Å². The average Bonchev–Trinajstić information content (AvgIpc) is 2.97. The van der Waals surface area contributed by atoms with Gasteiger partial charge >= 0.3 is 0 Å². The van der Waals surface area contributed by atoms with Gasteiger partial charge in [-0.05, 0) is 50.5 Å². The Morgan fingerprint density at radius 1 is 1.07 bits per heavy atom. The van der Waals surface area contributed by atoms with Gasteiger partial charge in [-0.1, -0.05) is 18.6 Å². The summed E-state index contributed by atoms with van der Waals surface area (Å²) in [6.45, 7) is 4.44. The Morgan fingerprint density at radius 2 is 1.90 bits per heavy atom. The Labute approximate surface area is 174 Å². The molecule has 3 aromatic rings. The first-order valence-electron chi connectivity index (χ1n) is 10.0. The standard InChI is InChI=1S/C22H23N5O3/c1-14-7-8-16(21-25-24-20-6-4-3-5-11-26(20)21)13-18(14)23-22(28)17-9-10-19(27(29)30)15(2)12-17/h7-10,12-13H,3-6,11H2,1-2H3,(H,23,28). The van der Waals surface area contributed by atoms with Crippen molar-refractivity contribution < 1.29 is 9.72 Å². The number of aryl methyl sites for hydroxylation is 3. The summed E-state index contributed by atoms with van der Waals surface area (Å²) in [6, 6.07) is 10.2. The summed E-state index contributed by atoms with van der Waals surface area (Å²) in [5, 5.41) is 22.7. The first-order valence-corrected chi connectivity index (χ1v) is 10.0. The van der Waals surface area contributed by atoms with Crippen LogP contribution in [0, 0.1) is 24.0 Å². The quantitative estimate of drug-likeness (QED) is 0.510. The number of fused-ring (bicyclic) bond motifs is 1. The van der Waals surface area contributed by atoms with Gasteiger partial charge in [-0.3, -0.25) is 14.9 Å². The molecule has 0 unspecified atom stereocenters. The maximum absolute atomic E-state index is 12.8. The summed E-state index contributed by atoms with van der Waals surface area (Å²) in [6.07, 6.45) is 4.35. The highest BCUT2D eigenvalue weighted by atomic mass is 16.6. The molecule has 30 heavy (non-hydrogen) atoms. The highest BCUT2D eigenvalue weighted by Gasteiger charge is 2.18. The van der Waals surface area contributed by atoms with Crippen LogP contribution in [0.15, 0.2) is 36.4 Å². The minimum absolute atomic E-state index is 0.00257. The Morgan fingerprint density at radius 3 is 2.67 bits per heavy atom. The average molecular weight is 405 g/mol. The van der Waals surface area contributed by atoms with Gasteiger partial charge in [0.25, 0.3) is 11.6 Å². The van der Waals surface area contributed by atoms with Crippen LogP contribution >= 0.6 is 0 Å². The number of nitro groups is 1. The number of hydrogen-bond donors (Lipinski definition) is 1. The summed E-state index contributed by atoms with van der Waals surface area (Å²) in [7, 11) is 0. The fourth-order valence-electron chi connectivity index (χ4n) is 3.79. The molecule has 0 bridgehead atoms. The smallest absolute Gasteiger partial charge is 0.272 e. The van der Waals surface area contributed by atoms with Crippen molar-refractivity contribution >= 4 is 17.3 Å². The number of amides is 1. The van der Waals surface area contributed by atoms with Gasteiger partial charge in [-0.25, -0.2) is 0 Å². The van der Waals surface area contributed by atoms with Crippen molar-refractivity contribution in [2.24, 2.45) is 0 Å². The van der Waals surface area contributed by atoms with Crippen molar-refractivity contribution in [3.63, 3.8) is 0 Å². The second-order valence-corrected chi connectivity index (χ2v) is 7.64. The lowest BCUT2D eigenvalue weighted by atomic mass is 10.1. The summed E-state index contributed by atoms with van der Waals surface area (Å²) in [5.74, 6) is 1.51. The molecule has 1 N–H and O–H groups in total. The number of nitro benzene ring substituents is 1. The number of carbonyl (C=O) groups excluding carboxylic acids is 1. The Kier molecular flexibility index (Phi) is 5.31. The molecule has 8 heteroatoms. The van der Waals surface area contributed by atoms with Crippen LogP contribution in [0.4, 0.5) is 11.4 Å². The fourth-order valence-corrected chi connectivity index (χ4v) is 3.79. The number of anilines is 1. The van der Waals surface area contributed by atoms with Gasteiger partial charge in [0, 0.05) is 41.4 Å². The van der Waals surface area contributed by atoms with Crippen molar-refractivity contribution in [2.45, 2.75) is 46.1 Å². The first kappa shape index (κ1) is 19.8. The maximum atomic E-state index is 12.8. The first-order chi connectivity index (χ1) is 14.4. The van der Waals surface area contributed by atoms with E-state index in [0.29, 0.717) is 16.8 Å². The monoisotopic (exact) mass is 405 g/mol. The van der Waals surface area contributed by atoms with Gasteiger partial charge in [-0.15, -0.1) is 10.2 Å². The minimum atomic E-state index is -0.452. The zero-order chi connectivity index (χ0) is 21.3. The summed E-state index contributed by atoms with van der Waals surface area (Å²) < 4.78 is 2.17. The molecular formula is C22H23N5O3.